The quantitative estimate of drug-likeness (QED) is 0.154. The summed E-state index contributed by atoms with van der Waals surface area (Å²) in [4.78, 5) is 43.6. The van der Waals surface area contributed by atoms with E-state index in [9.17, 15) is 16.8 Å². The van der Waals surface area contributed by atoms with Crippen molar-refractivity contribution in [1.29, 1.82) is 0 Å². The SMILES string of the molecule is CC.CC.CS(=O)(=O)NCCS(=O)(=O)O.[Cu+2].c1ccc2c(c1)-c1nc-2nc2[n-]c(nc3[n-]c(nc4nc(n1)-c1ncccc1-4)c1ccccc31)c1ccccc21. The second kappa shape index (κ2) is 17.5. The maximum absolute atomic E-state index is 10.3. The summed E-state index contributed by atoms with van der Waals surface area (Å²) < 4.78 is 50.8. The number of fused-ring (bicyclic) bond motifs is 20. The number of nitrogens with zero attached hydrogens (tertiary/aromatic N) is 9. The molecule has 0 spiro atoms. The summed E-state index contributed by atoms with van der Waals surface area (Å²) >= 11 is 0. The van der Waals surface area contributed by atoms with E-state index in [1.54, 1.807) is 6.20 Å². The normalized spacial score (nSPS) is 11.4. The molecule has 7 aromatic rings. The van der Waals surface area contributed by atoms with E-state index < -0.39 is 25.9 Å². The standard InChI is InChI=1S/C31H15N9.C3H9NO5S2.2C2H6.Cu/c1-2-9-17-16(8-1)24-33-25(17)35-27-20-12-5-6-13-21(20)29(37-27)39-31-23-22(14-7-15-32-23)30(40-31)38-28-19-11-4-3-10-18(19)26(34-24)36-28;1-10(5,6)4-2-3-11(7,8)9;2*1-2;/h1-15H;4H,2-3H2,1H3,(H,7,8,9);2*1-2H3;/q-2;;;;+2. The first-order valence-electron chi connectivity index (χ1n) is 17.4. The van der Waals surface area contributed by atoms with E-state index in [2.05, 4.69) is 4.98 Å². The largest absolute Gasteiger partial charge is 2.00 e. The van der Waals surface area contributed by atoms with Gasteiger partial charge in [-0.05, 0) is 33.7 Å². The van der Waals surface area contributed by atoms with E-state index in [-0.39, 0.29) is 23.6 Å². The van der Waals surface area contributed by atoms with Gasteiger partial charge < -0.3 is 24.9 Å². The summed E-state index contributed by atoms with van der Waals surface area (Å²) in [5.74, 6) is 1.36. The molecular formula is C38H36CuN10O5S2. The minimum absolute atomic E-state index is 0. The molecule has 4 aromatic heterocycles. The molecule has 0 aliphatic carbocycles. The second-order valence-corrected chi connectivity index (χ2v) is 14.9. The third-order valence-corrected chi connectivity index (χ3v) is 9.35. The molecule has 56 heavy (non-hydrogen) atoms. The Kier molecular flexibility index (Phi) is 13.0. The molecule has 2 aliphatic heterocycles. The molecule has 0 saturated heterocycles. The molecule has 291 valence electrons. The third kappa shape index (κ3) is 8.97. The van der Waals surface area contributed by atoms with Crippen LogP contribution in [0.3, 0.4) is 0 Å². The first kappa shape index (κ1) is 41.7. The van der Waals surface area contributed by atoms with Crippen molar-refractivity contribution in [3.05, 3.63) is 91.1 Å². The van der Waals surface area contributed by atoms with Crippen molar-refractivity contribution in [2.75, 3.05) is 18.6 Å². The zero-order valence-electron chi connectivity index (χ0n) is 30.8. The average Bonchev–Trinajstić information content (AvgIpc) is 3.91. The maximum Gasteiger partial charge on any atom is 2.00 e. The predicted molar refractivity (Wildman–Crippen MR) is 214 cm³/mol. The topological polar surface area (TPSA) is 219 Å². The molecule has 0 amide bonds. The summed E-state index contributed by atoms with van der Waals surface area (Å²) in [7, 11) is -7.45. The van der Waals surface area contributed by atoms with Crippen LogP contribution in [0.4, 0.5) is 0 Å². The van der Waals surface area contributed by atoms with Crippen molar-refractivity contribution >= 4 is 64.3 Å². The van der Waals surface area contributed by atoms with Gasteiger partial charge in [-0.3, -0.25) is 9.54 Å². The predicted octanol–water partition coefficient (Wildman–Crippen LogP) is 6.00. The van der Waals surface area contributed by atoms with Crippen LogP contribution in [0.15, 0.2) is 91.1 Å². The first-order chi connectivity index (χ1) is 26.5. The van der Waals surface area contributed by atoms with Gasteiger partial charge in [-0.1, -0.05) is 100 Å². The van der Waals surface area contributed by atoms with Gasteiger partial charge in [0, 0.05) is 52.0 Å². The third-order valence-electron chi connectivity index (χ3n) is 7.91. The molecule has 6 heterocycles. The monoisotopic (exact) mass is 839 g/mol. The Balaban J connectivity index is 0.000000326. The fourth-order valence-electron chi connectivity index (χ4n) is 5.69. The van der Waals surface area contributed by atoms with Crippen LogP contribution in [0, 0.1) is 0 Å². The molecule has 8 bridgehead atoms. The molecule has 0 fully saturated rings. The van der Waals surface area contributed by atoms with Crippen molar-refractivity contribution in [2.45, 2.75) is 27.7 Å². The van der Waals surface area contributed by atoms with Crippen LogP contribution >= 0.6 is 0 Å². The Morgan fingerprint density at radius 2 is 0.946 bits per heavy atom. The van der Waals surface area contributed by atoms with Gasteiger partial charge in [0.05, 0.1) is 23.7 Å². The second-order valence-electron chi connectivity index (χ2n) is 11.5. The molecular weight excluding hydrogens is 804 g/mol. The van der Waals surface area contributed by atoms with Gasteiger partial charge in [-0.25, -0.2) is 28.1 Å². The van der Waals surface area contributed by atoms with Crippen LogP contribution in [0.1, 0.15) is 27.7 Å². The van der Waals surface area contributed by atoms with E-state index >= 15 is 0 Å². The minimum atomic E-state index is -4.07. The molecule has 9 rings (SSSR count). The summed E-state index contributed by atoms with van der Waals surface area (Å²) in [5.41, 5.74) is 5.31. The Labute approximate surface area is 333 Å². The van der Waals surface area contributed by atoms with E-state index in [4.69, 9.17) is 44.4 Å². The van der Waals surface area contributed by atoms with Crippen molar-refractivity contribution in [3.63, 3.8) is 0 Å². The van der Waals surface area contributed by atoms with Crippen LogP contribution < -0.4 is 14.7 Å². The average molecular weight is 840 g/mol. The maximum atomic E-state index is 10.3. The Morgan fingerprint density at radius 1 is 0.554 bits per heavy atom. The molecule has 0 saturated carbocycles. The molecule has 2 aliphatic rings. The molecule has 15 nitrogen and oxygen atoms in total. The van der Waals surface area contributed by atoms with Crippen LogP contribution in [0.25, 0.3) is 89.8 Å². The van der Waals surface area contributed by atoms with Gasteiger partial charge in [0.1, 0.15) is 5.69 Å². The van der Waals surface area contributed by atoms with Crippen LogP contribution in [-0.4, -0.2) is 74.8 Å². The number of hydrogen-bond acceptors (Lipinski definition) is 11. The summed E-state index contributed by atoms with van der Waals surface area (Å²) in [5, 5.41) is 3.52. The van der Waals surface area contributed by atoms with Crippen molar-refractivity contribution in [2.24, 2.45) is 0 Å². The van der Waals surface area contributed by atoms with E-state index in [0.29, 0.717) is 51.6 Å². The molecule has 0 atom stereocenters. The first-order valence-corrected chi connectivity index (χ1v) is 20.9. The Morgan fingerprint density at radius 3 is 1.41 bits per heavy atom. The molecule has 0 unspecified atom stereocenters. The number of pyridine rings is 1. The number of hydrogen-bond donors (Lipinski definition) is 2. The molecule has 3 aromatic carbocycles. The number of benzene rings is 3. The van der Waals surface area contributed by atoms with Crippen LogP contribution in [0.5, 0.6) is 0 Å². The zero-order chi connectivity index (χ0) is 39.3. The molecule has 18 heteroatoms. The summed E-state index contributed by atoms with van der Waals surface area (Å²) in [6, 6.07) is 27.5. The number of rotatable bonds is 4. The number of aromatic nitrogens is 9. The van der Waals surface area contributed by atoms with E-state index in [0.717, 1.165) is 44.5 Å². The molecule has 1 radical (unpaired) electrons. The summed E-state index contributed by atoms with van der Waals surface area (Å²) in [6.45, 7) is 7.69. The van der Waals surface area contributed by atoms with Crippen molar-refractivity contribution in [1.82, 2.24) is 49.6 Å². The van der Waals surface area contributed by atoms with E-state index in [1.807, 2.05) is 117 Å². The minimum Gasteiger partial charge on any atom is -0.357 e. The van der Waals surface area contributed by atoms with Gasteiger partial charge in [0.15, 0.2) is 11.6 Å². The Hall–Kier alpha value is -5.49. The molecule has 2 N–H and O–H groups in total. The van der Waals surface area contributed by atoms with Gasteiger partial charge in [0.25, 0.3) is 10.1 Å². The fourth-order valence-corrected chi connectivity index (χ4v) is 6.65. The number of nitrogens with one attached hydrogen (secondary N) is 1. The smallest absolute Gasteiger partial charge is 0.357 e. The van der Waals surface area contributed by atoms with Crippen LogP contribution in [0.2, 0.25) is 0 Å². The fraction of sp³-hybridized carbons (Fsp3) is 0.184. The number of sulfonamides is 1. The summed E-state index contributed by atoms with van der Waals surface area (Å²) in [6.07, 6.45) is 2.63. The van der Waals surface area contributed by atoms with E-state index in [1.165, 1.54) is 0 Å². The van der Waals surface area contributed by atoms with Gasteiger partial charge in [-0.15, -0.1) is 0 Å². The van der Waals surface area contributed by atoms with Gasteiger partial charge in [0.2, 0.25) is 10.0 Å². The van der Waals surface area contributed by atoms with Crippen molar-refractivity contribution in [3.8, 4) is 45.7 Å². The van der Waals surface area contributed by atoms with Gasteiger partial charge in [-0.2, -0.15) is 8.42 Å². The van der Waals surface area contributed by atoms with Gasteiger partial charge >= 0.3 is 17.1 Å². The Bertz CT molecular complexity index is 2740. The zero-order valence-corrected chi connectivity index (χ0v) is 33.4. The van der Waals surface area contributed by atoms with Crippen molar-refractivity contribution < 1.29 is 38.5 Å². The van der Waals surface area contributed by atoms with Crippen LogP contribution in [-0.2, 0) is 37.2 Å².